The third kappa shape index (κ3) is 4.65. The maximum Gasteiger partial charge on any atom is 0.240 e. The number of nitrogens with zero attached hydrogens (tertiary/aromatic N) is 1. The number of aryl methyl sites for hydroxylation is 1. The molecule has 4 rings (SSSR count). The molecular formula is C23H22N2O4S2. The van der Waals surface area contributed by atoms with Gasteiger partial charge in [0.2, 0.25) is 26.6 Å². The number of hydrogen-bond donors (Lipinski definition) is 1. The van der Waals surface area contributed by atoms with Gasteiger partial charge >= 0.3 is 0 Å². The van der Waals surface area contributed by atoms with Crippen LogP contribution >= 0.6 is 11.3 Å². The maximum atomic E-state index is 13.3. The molecule has 0 bridgehead atoms. The summed E-state index contributed by atoms with van der Waals surface area (Å²) in [5.41, 5.74) is 2.07. The number of ether oxygens (including phenoxy) is 1. The van der Waals surface area contributed by atoms with Gasteiger partial charge in [0.1, 0.15) is 5.75 Å². The van der Waals surface area contributed by atoms with Crippen molar-refractivity contribution in [2.24, 2.45) is 0 Å². The summed E-state index contributed by atoms with van der Waals surface area (Å²) in [6, 6.07) is 18.2. The number of nitrogens with one attached hydrogen (secondary N) is 1. The summed E-state index contributed by atoms with van der Waals surface area (Å²) >= 11 is 1.44. The molecule has 0 spiro atoms. The number of aromatic nitrogens is 1. The van der Waals surface area contributed by atoms with Crippen LogP contribution in [0.4, 0.5) is 5.88 Å². The molecule has 4 aromatic rings. The Labute approximate surface area is 185 Å². The van der Waals surface area contributed by atoms with Crippen molar-refractivity contribution in [1.29, 1.82) is 0 Å². The first-order valence-corrected chi connectivity index (χ1v) is 12.1. The molecule has 2 aromatic heterocycles. The largest absolute Gasteiger partial charge is 0.497 e. The number of anilines is 1. The molecule has 2 aromatic carbocycles. The molecule has 0 atom stereocenters. The first-order valence-electron chi connectivity index (χ1n) is 9.70. The summed E-state index contributed by atoms with van der Waals surface area (Å²) in [4.78, 5) is 5.30. The van der Waals surface area contributed by atoms with E-state index in [-0.39, 0.29) is 21.7 Å². The first kappa shape index (κ1) is 21.1. The fraction of sp³-hybridized carbons (Fsp3) is 0.174. The standard InChI is InChI=1S/C23H22N2O4S2/c1-16-5-11-19(12-6-16)31(26,27)23-22(29-21(25-23)20-4-3-15-30-20)24-14-13-17-7-9-18(28-2)10-8-17/h3-12,15,24H,13-14H2,1-2H3. The third-order valence-electron chi connectivity index (χ3n) is 4.77. The second-order valence-corrected chi connectivity index (χ2v) is 9.78. The van der Waals surface area contributed by atoms with E-state index in [9.17, 15) is 8.42 Å². The zero-order chi connectivity index (χ0) is 21.8. The summed E-state index contributed by atoms with van der Waals surface area (Å²) in [5.74, 6) is 1.23. The van der Waals surface area contributed by atoms with Crippen LogP contribution in [-0.4, -0.2) is 27.1 Å². The number of benzene rings is 2. The molecule has 2 heterocycles. The fourth-order valence-corrected chi connectivity index (χ4v) is 4.97. The van der Waals surface area contributed by atoms with Crippen LogP contribution in [-0.2, 0) is 16.3 Å². The highest BCUT2D eigenvalue weighted by atomic mass is 32.2. The lowest BCUT2D eigenvalue weighted by Gasteiger charge is -2.07. The average Bonchev–Trinajstić information content (AvgIpc) is 3.45. The van der Waals surface area contributed by atoms with Crippen molar-refractivity contribution in [2.45, 2.75) is 23.3 Å². The highest BCUT2D eigenvalue weighted by Gasteiger charge is 2.28. The molecule has 0 saturated heterocycles. The molecule has 31 heavy (non-hydrogen) atoms. The predicted octanol–water partition coefficient (Wildman–Crippen LogP) is 5.21. The molecule has 160 valence electrons. The van der Waals surface area contributed by atoms with Crippen LogP contribution in [0.15, 0.2) is 80.4 Å². The smallest absolute Gasteiger partial charge is 0.240 e. The lowest BCUT2D eigenvalue weighted by Crippen LogP contribution is -2.09. The minimum atomic E-state index is -3.84. The van der Waals surface area contributed by atoms with Crippen LogP contribution in [0.1, 0.15) is 11.1 Å². The summed E-state index contributed by atoms with van der Waals surface area (Å²) in [6.07, 6.45) is 0.684. The summed E-state index contributed by atoms with van der Waals surface area (Å²) in [7, 11) is -2.21. The van der Waals surface area contributed by atoms with Gasteiger partial charge in [0.25, 0.3) is 0 Å². The third-order valence-corrected chi connectivity index (χ3v) is 7.31. The van der Waals surface area contributed by atoms with Crippen molar-refractivity contribution in [1.82, 2.24) is 4.98 Å². The van der Waals surface area contributed by atoms with Crippen LogP contribution in [0.25, 0.3) is 10.8 Å². The number of sulfone groups is 1. The molecular weight excluding hydrogens is 432 g/mol. The zero-order valence-corrected chi connectivity index (χ0v) is 18.8. The Balaban J connectivity index is 1.61. The van der Waals surface area contributed by atoms with Crippen LogP contribution in [0.3, 0.4) is 0 Å². The van der Waals surface area contributed by atoms with Crippen LogP contribution in [0.5, 0.6) is 5.75 Å². The number of hydrogen-bond acceptors (Lipinski definition) is 7. The summed E-state index contributed by atoms with van der Waals surface area (Å²) in [6.45, 7) is 2.40. The van der Waals surface area contributed by atoms with E-state index >= 15 is 0 Å². The number of oxazole rings is 1. The van der Waals surface area contributed by atoms with Crippen LogP contribution in [0.2, 0.25) is 0 Å². The van der Waals surface area contributed by atoms with E-state index in [0.29, 0.717) is 13.0 Å². The molecule has 0 amide bonds. The summed E-state index contributed by atoms with van der Waals surface area (Å²) < 4.78 is 37.6. The zero-order valence-electron chi connectivity index (χ0n) is 17.2. The van der Waals surface area contributed by atoms with Gasteiger partial charge in [0.05, 0.1) is 16.9 Å². The van der Waals surface area contributed by atoms with Crippen LogP contribution in [0, 0.1) is 6.92 Å². The lowest BCUT2D eigenvalue weighted by atomic mass is 10.1. The van der Waals surface area contributed by atoms with Crippen molar-refractivity contribution in [2.75, 3.05) is 19.0 Å². The molecule has 0 saturated carbocycles. The van der Waals surface area contributed by atoms with Gasteiger partial charge in [-0.15, -0.1) is 11.3 Å². The van der Waals surface area contributed by atoms with E-state index in [1.165, 1.54) is 11.3 Å². The van der Waals surface area contributed by atoms with E-state index < -0.39 is 9.84 Å². The number of methoxy groups -OCH3 is 1. The fourth-order valence-electron chi connectivity index (χ4n) is 3.05. The SMILES string of the molecule is COc1ccc(CCNc2oc(-c3cccs3)nc2S(=O)(=O)c2ccc(C)cc2)cc1. The first-order chi connectivity index (χ1) is 15.0. The molecule has 0 radical (unpaired) electrons. The molecule has 6 nitrogen and oxygen atoms in total. The van der Waals surface area contributed by atoms with Gasteiger partial charge in [-0.3, -0.25) is 0 Å². The average molecular weight is 455 g/mol. The molecule has 0 aliphatic heterocycles. The molecule has 0 unspecified atom stereocenters. The molecule has 0 aliphatic carbocycles. The topological polar surface area (TPSA) is 81.4 Å². The van der Waals surface area contributed by atoms with Gasteiger partial charge < -0.3 is 14.5 Å². The van der Waals surface area contributed by atoms with Crippen molar-refractivity contribution >= 4 is 27.1 Å². The Morgan fingerprint density at radius 3 is 2.45 bits per heavy atom. The minimum Gasteiger partial charge on any atom is -0.497 e. The monoisotopic (exact) mass is 454 g/mol. The second-order valence-electron chi connectivity index (χ2n) is 6.97. The Bertz CT molecular complexity index is 1240. The van der Waals surface area contributed by atoms with E-state index in [1.807, 2.05) is 48.7 Å². The van der Waals surface area contributed by atoms with Crippen LogP contribution < -0.4 is 10.1 Å². The van der Waals surface area contributed by atoms with Gasteiger partial charge in [0, 0.05) is 6.54 Å². The van der Waals surface area contributed by atoms with Crippen molar-refractivity contribution in [3.05, 3.63) is 77.2 Å². The van der Waals surface area contributed by atoms with Gasteiger partial charge in [0.15, 0.2) is 0 Å². The number of rotatable bonds is 8. The van der Waals surface area contributed by atoms with Crippen molar-refractivity contribution in [3.63, 3.8) is 0 Å². The maximum absolute atomic E-state index is 13.3. The summed E-state index contributed by atoms with van der Waals surface area (Å²) in [5, 5.41) is 4.92. The Hall–Kier alpha value is -3.10. The normalized spacial score (nSPS) is 11.4. The van der Waals surface area contributed by atoms with Crippen molar-refractivity contribution in [3.8, 4) is 16.5 Å². The van der Waals surface area contributed by atoms with E-state index in [0.717, 1.165) is 21.8 Å². The highest BCUT2D eigenvalue weighted by Crippen LogP contribution is 2.34. The number of thiophene rings is 1. The Morgan fingerprint density at radius 2 is 1.81 bits per heavy atom. The molecule has 1 N–H and O–H groups in total. The van der Waals surface area contributed by atoms with Gasteiger partial charge in [-0.2, -0.15) is 4.98 Å². The van der Waals surface area contributed by atoms with E-state index in [2.05, 4.69) is 10.3 Å². The second kappa shape index (κ2) is 8.95. The quantitative estimate of drug-likeness (QED) is 0.394. The van der Waals surface area contributed by atoms with E-state index in [4.69, 9.17) is 9.15 Å². The van der Waals surface area contributed by atoms with Gasteiger partial charge in [-0.1, -0.05) is 35.9 Å². The molecule has 0 aliphatic rings. The van der Waals surface area contributed by atoms with E-state index in [1.54, 1.807) is 31.4 Å². The minimum absolute atomic E-state index is 0.102. The Kier molecular flexibility index (Phi) is 6.11. The highest BCUT2D eigenvalue weighted by molar-refractivity contribution is 7.91. The van der Waals surface area contributed by atoms with Gasteiger partial charge in [-0.05, 0) is 54.6 Å². The molecule has 8 heteroatoms. The van der Waals surface area contributed by atoms with Crippen molar-refractivity contribution < 1.29 is 17.6 Å². The Morgan fingerprint density at radius 1 is 1.06 bits per heavy atom. The molecule has 0 fully saturated rings. The lowest BCUT2D eigenvalue weighted by molar-refractivity contribution is 0.414. The van der Waals surface area contributed by atoms with Gasteiger partial charge in [-0.25, -0.2) is 8.42 Å². The predicted molar refractivity (Wildman–Crippen MR) is 122 cm³/mol.